The largest absolute Gasteiger partial charge is 0.491 e. The van der Waals surface area contributed by atoms with Gasteiger partial charge in [0, 0.05) is 5.39 Å². The van der Waals surface area contributed by atoms with E-state index in [1.54, 1.807) is 4.68 Å². The summed E-state index contributed by atoms with van der Waals surface area (Å²) in [5, 5.41) is 19.1. The van der Waals surface area contributed by atoms with Crippen LogP contribution < -0.4 is 4.74 Å². The lowest BCUT2D eigenvalue weighted by Crippen LogP contribution is -2.12. The number of benzene rings is 2. The maximum Gasteiger partial charge on any atom is 0.185 e. The molecule has 0 aliphatic carbocycles. The normalized spacial score (nSPS) is 10.5. The minimum atomic E-state index is 0.396. The molecule has 0 fully saturated rings. The van der Waals surface area contributed by atoms with Crippen molar-refractivity contribution >= 4 is 10.8 Å². The van der Waals surface area contributed by atoms with Crippen LogP contribution in [0.2, 0.25) is 0 Å². The first kappa shape index (κ1) is 14.1. The second kappa shape index (κ2) is 6.27. The molecule has 0 bridgehead atoms. The summed E-state index contributed by atoms with van der Waals surface area (Å²) in [6, 6.07) is 16.2. The van der Waals surface area contributed by atoms with Crippen LogP contribution in [0, 0.1) is 11.3 Å². The number of fused-ring (bicyclic) bond motifs is 1. The lowest BCUT2D eigenvalue weighted by Gasteiger charge is -2.10. The SMILES string of the molecule is CCc1c(C#N)nnn1CCOc1cccc2ccccc12. The van der Waals surface area contributed by atoms with Crippen LogP contribution in [0.3, 0.4) is 0 Å². The third kappa shape index (κ3) is 2.63. The number of nitriles is 1. The first-order valence-corrected chi connectivity index (χ1v) is 7.26. The van der Waals surface area contributed by atoms with Gasteiger partial charge in [-0.1, -0.05) is 48.5 Å². The molecular formula is C17H16N4O. The summed E-state index contributed by atoms with van der Waals surface area (Å²) in [6.45, 7) is 3.04. The summed E-state index contributed by atoms with van der Waals surface area (Å²) in [5.74, 6) is 0.858. The molecule has 110 valence electrons. The summed E-state index contributed by atoms with van der Waals surface area (Å²) >= 11 is 0. The number of rotatable bonds is 5. The molecule has 2 aromatic carbocycles. The monoisotopic (exact) mass is 292 g/mol. The second-order valence-electron chi connectivity index (χ2n) is 4.90. The summed E-state index contributed by atoms with van der Waals surface area (Å²) in [5.41, 5.74) is 1.25. The van der Waals surface area contributed by atoms with E-state index in [2.05, 4.69) is 28.5 Å². The summed E-state index contributed by atoms with van der Waals surface area (Å²) in [7, 11) is 0. The van der Waals surface area contributed by atoms with E-state index in [9.17, 15) is 0 Å². The Bertz CT molecular complexity index is 827. The molecule has 0 amide bonds. The highest BCUT2D eigenvalue weighted by atomic mass is 16.5. The van der Waals surface area contributed by atoms with Crippen molar-refractivity contribution in [2.45, 2.75) is 19.9 Å². The number of ether oxygens (including phenoxy) is 1. The highest BCUT2D eigenvalue weighted by Gasteiger charge is 2.10. The quantitative estimate of drug-likeness (QED) is 0.725. The van der Waals surface area contributed by atoms with Gasteiger partial charge in [-0.15, -0.1) is 5.10 Å². The Labute approximate surface area is 128 Å². The van der Waals surface area contributed by atoms with Crippen LogP contribution in [0.25, 0.3) is 10.8 Å². The van der Waals surface area contributed by atoms with E-state index in [-0.39, 0.29) is 0 Å². The molecule has 5 heteroatoms. The Balaban J connectivity index is 1.73. The van der Waals surface area contributed by atoms with Crippen LogP contribution in [0.15, 0.2) is 42.5 Å². The molecule has 3 rings (SSSR count). The van der Waals surface area contributed by atoms with Gasteiger partial charge in [-0.3, -0.25) is 0 Å². The number of aromatic nitrogens is 3. The first-order chi connectivity index (χ1) is 10.8. The van der Waals surface area contributed by atoms with E-state index in [1.807, 2.05) is 37.3 Å². The van der Waals surface area contributed by atoms with Gasteiger partial charge >= 0.3 is 0 Å². The van der Waals surface area contributed by atoms with Crippen LogP contribution in [-0.2, 0) is 13.0 Å². The lowest BCUT2D eigenvalue weighted by atomic mass is 10.1. The average Bonchev–Trinajstić information content (AvgIpc) is 2.97. The molecule has 0 saturated carbocycles. The van der Waals surface area contributed by atoms with Crippen LogP contribution in [0.4, 0.5) is 0 Å². The smallest absolute Gasteiger partial charge is 0.185 e. The lowest BCUT2D eigenvalue weighted by molar-refractivity contribution is 0.290. The fourth-order valence-corrected chi connectivity index (χ4v) is 2.51. The minimum absolute atomic E-state index is 0.396. The van der Waals surface area contributed by atoms with Crippen molar-refractivity contribution in [3.63, 3.8) is 0 Å². The molecule has 0 aliphatic heterocycles. The Morgan fingerprint density at radius 2 is 2.00 bits per heavy atom. The van der Waals surface area contributed by atoms with E-state index < -0.39 is 0 Å². The molecule has 22 heavy (non-hydrogen) atoms. The van der Waals surface area contributed by atoms with Crippen molar-refractivity contribution in [1.29, 1.82) is 5.26 Å². The standard InChI is InChI=1S/C17H16N4O/c1-2-16-15(12-18)19-20-21(16)10-11-22-17-9-5-7-13-6-3-4-8-14(13)17/h3-9H,2,10-11H2,1H3. The highest BCUT2D eigenvalue weighted by molar-refractivity contribution is 5.88. The molecule has 0 unspecified atom stereocenters. The zero-order valence-electron chi connectivity index (χ0n) is 12.4. The zero-order valence-corrected chi connectivity index (χ0v) is 12.4. The maximum atomic E-state index is 8.99. The van der Waals surface area contributed by atoms with Gasteiger partial charge in [-0.2, -0.15) is 5.26 Å². The maximum absolute atomic E-state index is 8.99. The molecule has 0 spiro atoms. The Kier molecular flexibility index (Phi) is 4.01. The van der Waals surface area contributed by atoms with Gasteiger partial charge in [0.1, 0.15) is 18.4 Å². The van der Waals surface area contributed by atoms with Crippen LogP contribution in [0.1, 0.15) is 18.3 Å². The topological polar surface area (TPSA) is 63.7 Å². The highest BCUT2D eigenvalue weighted by Crippen LogP contribution is 2.25. The van der Waals surface area contributed by atoms with Gasteiger partial charge in [-0.05, 0) is 17.9 Å². The average molecular weight is 292 g/mol. The van der Waals surface area contributed by atoms with Gasteiger partial charge < -0.3 is 4.74 Å². The third-order valence-corrected chi connectivity index (χ3v) is 3.59. The molecule has 0 radical (unpaired) electrons. The Morgan fingerprint density at radius 3 is 2.82 bits per heavy atom. The summed E-state index contributed by atoms with van der Waals surface area (Å²) < 4.78 is 7.63. The third-order valence-electron chi connectivity index (χ3n) is 3.59. The van der Waals surface area contributed by atoms with Crippen molar-refractivity contribution in [1.82, 2.24) is 15.0 Å². The van der Waals surface area contributed by atoms with Gasteiger partial charge in [0.25, 0.3) is 0 Å². The summed E-state index contributed by atoms with van der Waals surface area (Å²) in [4.78, 5) is 0. The van der Waals surface area contributed by atoms with Crippen LogP contribution in [0.5, 0.6) is 5.75 Å². The van der Waals surface area contributed by atoms with Crippen molar-refractivity contribution in [3.8, 4) is 11.8 Å². The van der Waals surface area contributed by atoms with Crippen LogP contribution in [-0.4, -0.2) is 21.6 Å². The van der Waals surface area contributed by atoms with E-state index in [1.165, 1.54) is 0 Å². The fraction of sp³-hybridized carbons (Fsp3) is 0.235. The van der Waals surface area contributed by atoms with Gasteiger partial charge in [-0.25, -0.2) is 4.68 Å². The Hall–Kier alpha value is -2.87. The minimum Gasteiger partial charge on any atom is -0.491 e. The molecule has 3 aromatic rings. The van der Waals surface area contributed by atoms with E-state index in [0.29, 0.717) is 18.8 Å². The zero-order chi connectivity index (χ0) is 15.4. The van der Waals surface area contributed by atoms with Gasteiger partial charge in [0.2, 0.25) is 0 Å². The molecule has 1 aromatic heterocycles. The molecule has 0 atom stereocenters. The second-order valence-corrected chi connectivity index (χ2v) is 4.90. The van der Waals surface area contributed by atoms with E-state index in [4.69, 9.17) is 10.00 Å². The summed E-state index contributed by atoms with van der Waals surface area (Å²) in [6.07, 6.45) is 0.726. The molecule has 1 heterocycles. The van der Waals surface area contributed by atoms with Crippen molar-refractivity contribution < 1.29 is 4.74 Å². The molecule has 5 nitrogen and oxygen atoms in total. The molecule has 0 N–H and O–H groups in total. The van der Waals surface area contributed by atoms with Crippen molar-refractivity contribution in [2.24, 2.45) is 0 Å². The van der Waals surface area contributed by atoms with Crippen molar-refractivity contribution in [2.75, 3.05) is 6.61 Å². The number of nitrogens with zero attached hydrogens (tertiary/aromatic N) is 4. The fourth-order valence-electron chi connectivity index (χ4n) is 2.51. The Morgan fingerprint density at radius 1 is 1.18 bits per heavy atom. The predicted molar refractivity (Wildman–Crippen MR) is 83.6 cm³/mol. The first-order valence-electron chi connectivity index (χ1n) is 7.26. The van der Waals surface area contributed by atoms with E-state index in [0.717, 1.165) is 28.6 Å². The number of hydrogen-bond acceptors (Lipinski definition) is 4. The van der Waals surface area contributed by atoms with Crippen molar-refractivity contribution in [3.05, 3.63) is 53.9 Å². The van der Waals surface area contributed by atoms with Crippen LogP contribution >= 0.6 is 0 Å². The van der Waals surface area contributed by atoms with Gasteiger partial charge in [0.15, 0.2) is 5.69 Å². The van der Waals surface area contributed by atoms with E-state index >= 15 is 0 Å². The number of hydrogen-bond donors (Lipinski definition) is 0. The molecule has 0 aliphatic rings. The van der Waals surface area contributed by atoms with Gasteiger partial charge in [0.05, 0.1) is 12.2 Å². The molecular weight excluding hydrogens is 276 g/mol. The molecule has 0 saturated heterocycles. The predicted octanol–water partition coefficient (Wildman–Crippen LogP) is 2.94.